The molecule has 21 nitrogen and oxygen atoms in total. The van der Waals surface area contributed by atoms with Crippen LogP contribution < -0.4 is 11.1 Å². The van der Waals surface area contributed by atoms with Gasteiger partial charge in [0.05, 0.1) is 90.1 Å². The first-order valence-corrected chi connectivity index (χ1v) is 37.5. The van der Waals surface area contributed by atoms with E-state index in [2.05, 4.69) is 60.7 Å². The number of ether oxygens (including phenoxy) is 2. The van der Waals surface area contributed by atoms with Crippen LogP contribution in [0.2, 0.25) is 0 Å². The summed E-state index contributed by atoms with van der Waals surface area (Å²) in [7, 11) is 0. The van der Waals surface area contributed by atoms with Gasteiger partial charge in [-0.05, 0) is 102 Å². The maximum Gasteiger partial charge on any atom is 0.308 e. The fourth-order valence-corrected chi connectivity index (χ4v) is 11.6. The zero-order valence-corrected chi connectivity index (χ0v) is 61.2. The van der Waals surface area contributed by atoms with Gasteiger partial charge in [-0.3, -0.25) is 43.2 Å². The van der Waals surface area contributed by atoms with E-state index in [1.165, 1.54) is 29.4 Å². The molecule has 0 rings (SSSR count). The highest BCUT2D eigenvalue weighted by Gasteiger charge is 2.32. The summed E-state index contributed by atoms with van der Waals surface area (Å²) < 4.78 is 11.3. The number of hydrogen-bond donors (Lipinski definition) is 4. The van der Waals surface area contributed by atoms with Gasteiger partial charge in [0, 0.05) is 39.3 Å². The average Bonchev–Trinajstić information content (AvgIpc) is 1.22. The third kappa shape index (κ3) is 41.9. The first kappa shape index (κ1) is 89.1. The Balaban J connectivity index is 7.38. The van der Waals surface area contributed by atoms with Crippen LogP contribution in [0.1, 0.15) is 275 Å². The standard InChI is InChI=1S/C73H138N8O13/c1-11-21-27-33-43-76(52-65(74)84)68(87)56-80(50-60(17-7)39-23-13-3)71(90)55-79(46-36-30-32-38-48-94-73(92)63(20-10)42-26-16-6)67(86)53-78(45-34-28-22-12-2)69(88)57-81(51-61(18-8)40-24-14-4)70(89)54-77(66(85)49-75-64(58-82)59-83)44-35-29-31-37-47-93-72(91)62(19-9)41-25-15-5/h60-64,75,82-83H,11-59H2,1-10H3,(H2,74,84). The van der Waals surface area contributed by atoms with Crippen molar-refractivity contribution in [2.45, 2.75) is 281 Å². The molecule has 0 aliphatic heterocycles. The van der Waals surface area contributed by atoms with E-state index in [0.29, 0.717) is 70.9 Å². The van der Waals surface area contributed by atoms with E-state index < -0.39 is 60.6 Å². The van der Waals surface area contributed by atoms with Crippen LogP contribution in [0, 0.1) is 23.7 Å². The lowest BCUT2D eigenvalue weighted by atomic mass is 9.98. The molecule has 4 atom stereocenters. The van der Waals surface area contributed by atoms with Crippen LogP contribution in [0.3, 0.4) is 0 Å². The quantitative estimate of drug-likeness (QED) is 0.0326. The lowest BCUT2D eigenvalue weighted by Gasteiger charge is -2.34. The van der Waals surface area contributed by atoms with Gasteiger partial charge in [-0.2, -0.15) is 0 Å². The van der Waals surface area contributed by atoms with E-state index in [9.17, 15) is 39.0 Å². The molecule has 94 heavy (non-hydrogen) atoms. The molecule has 0 aromatic carbocycles. The third-order valence-corrected chi connectivity index (χ3v) is 18.3. The number of carbonyl (C=O) groups excluding carboxylic acids is 9. The van der Waals surface area contributed by atoms with Crippen molar-refractivity contribution in [1.82, 2.24) is 34.7 Å². The highest BCUT2D eigenvalue weighted by Crippen LogP contribution is 2.21. The normalized spacial score (nSPS) is 12.6. The number of aliphatic hydroxyl groups is 2. The number of nitrogens with zero attached hydrogens (tertiary/aromatic N) is 6. The minimum atomic E-state index is -0.754. The first-order chi connectivity index (χ1) is 45.3. The monoisotopic (exact) mass is 1340 g/mol. The van der Waals surface area contributed by atoms with Crippen molar-refractivity contribution >= 4 is 53.3 Å². The number of carbonyl (C=O) groups is 9. The zero-order chi connectivity index (χ0) is 70.3. The van der Waals surface area contributed by atoms with Crippen molar-refractivity contribution in [2.75, 3.05) is 112 Å². The minimum Gasteiger partial charge on any atom is -0.465 e. The second-order valence-corrected chi connectivity index (χ2v) is 26.3. The summed E-state index contributed by atoms with van der Waals surface area (Å²) in [5, 5.41) is 22.5. The summed E-state index contributed by atoms with van der Waals surface area (Å²) >= 11 is 0. The fourth-order valence-electron chi connectivity index (χ4n) is 11.6. The molecule has 0 saturated heterocycles. The molecule has 5 N–H and O–H groups in total. The van der Waals surface area contributed by atoms with Crippen LogP contribution in [0.15, 0.2) is 0 Å². The lowest BCUT2D eigenvalue weighted by molar-refractivity contribution is -0.150. The Labute approximate surface area is 570 Å². The van der Waals surface area contributed by atoms with Crippen molar-refractivity contribution in [2.24, 2.45) is 29.4 Å². The van der Waals surface area contributed by atoms with Crippen molar-refractivity contribution in [3.63, 3.8) is 0 Å². The Morgan fingerprint density at radius 2 is 0.649 bits per heavy atom. The predicted octanol–water partition coefficient (Wildman–Crippen LogP) is 10.6. The average molecular weight is 1340 g/mol. The van der Waals surface area contributed by atoms with Crippen molar-refractivity contribution in [3.8, 4) is 0 Å². The summed E-state index contributed by atoms with van der Waals surface area (Å²) in [6.45, 7) is 19.6. The van der Waals surface area contributed by atoms with E-state index in [4.69, 9.17) is 15.2 Å². The molecule has 21 heteroatoms. The van der Waals surface area contributed by atoms with Gasteiger partial charge in [0.15, 0.2) is 0 Å². The van der Waals surface area contributed by atoms with Crippen LogP contribution in [-0.4, -0.2) is 210 Å². The molecule has 548 valence electrons. The lowest BCUT2D eigenvalue weighted by Crippen LogP contribution is -2.53. The maximum absolute atomic E-state index is 15.2. The number of esters is 2. The van der Waals surface area contributed by atoms with Gasteiger partial charge in [0.2, 0.25) is 41.4 Å². The van der Waals surface area contributed by atoms with Crippen LogP contribution in [0.5, 0.6) is 0 Å². The molecule has 0 heterocycles. The minimum absolute atomic E-state index is 0.0333. The number of hydrogen-bond acceptors (Lipinski definition) is 14. The largest absolute Gasteiger partial charge is 0.465 e. The van der Waals surface area contributed by atoms with Gasteiger partial charge in [0.1, 0.15) is 0 Å². The molecule has 0 aromatic heterocycles. The van der Waals surface area contributed by atoms with E-state index in [-0.39, 0.29) is 121 Å². The Morgan fingerprint density at radius 3 is 0.968 bits per heavy atom. The van der Waals surface area contributed by atoms with Crippen LogP contribution in [-0.2, 0) is 52.6 Å². The van der Waals surface area contributed by atoms with Crippen molar-refractivity contribution < 1.29 is 62.8 Å². The second-order valence-electron chi connectivity index (χ2n) is 26.3. The number of nitrogens with two attached hydrogens (primary N) is 1. The second kappa shape index (κ2) is 58.3. The summed E-state index contributed by atoms with van der Waals surface area (Å²) in [6.07, 6.45) is 25.6. The molecule has 0 fully saturated rings. The fraction of sp³-hybridized carbons (Fsp3) is 0.877. The molecule has 0 radical (unpaired) electrons. The number of rotatable bonds is 63. The molecule has 0 spiro atoms. The maximum atomic E-state index is 15.2. The number of aliphatic hydroxyl groups excluding tert-OH is 2. The predicted molar refractivity (Wildman–Crippen MR) is 375 cm³/mol. The SMILES string of the molecule is CCCCCCN(CC(N)=O)C(=O)CN(CC(CC)CCCC)C(=O)CN(CCCCCCOC(=O)C(CC)CCCC)C(=O)CN(CCCCCC)C(=O)CN(CC(CC)CCCC)C(=O)CN(CCCCCCOC(=O)C(CC)CCCC)C(=O)CNC(CO)CO. The van der Waals surface area contributed by atoms with E-state index in [0.717, 1.165) is 148 Å². The van der Waals surface area contributed by atoms with Crippen LogP contribution in [0.25, 0.3) is 0 Å². The first-order valence-electron chi connectivity index (χ1n) is 37.5. The number of nitrogens with one attached hydrogen (secondary N) is 1. The Morgan fingerprint density at radius 1 is 0.351 bits per heavy atom. The topological polar surface area (TPSA) is 270 Å². The van der Waals surface area contributed by atoms with Crippen molar-refractivity contribution in [1.29, 1.82) is 0 Å². The summed E-state index contributed by atoms with van der Waals surface area (Å²) in [5.74, 6) is -3.74. The Hall–Kier alpha value is -4.89. The molecule has 4 unspecified atom stereocenters. The molecule has 0 bridgehead atoms. The molecule has 7 amide bonds. The van der Waals surface area contributed by atoms with Crippen LogP contribution in [0.4, 0.5) is 0 Å². The highest BCUT2D eigenvalue weighted by molar-refractivity contribution is 5.93. The number of unbranched alkanes of at least 4 members (excludes halogenated alkanes) is 16. The van der Waals surface area contributed by atoms with E-state index in [1.807, 2.05) is 13.8 Å². The van der Waals surface area contributed by atoms with Crippen molar-refractivity contribution in [3.05, 3.63) is 0 Å². The molecule has 0 aromatic rings. The summed E-state index contributed by atoms with van der Waals surface area (Å²) in [6, 6.07) is -0.754. The Kier molecular flexibility index (Phi) is 55.2. The third-order valence-electron chi connectivity index (χ3n) is 18.3. The number of amides is 7. The van der Waals surface area contributed by atoms with Gasteiger partial charge < -0.3 is 60.1 Å². The molecule has 0 aliphatic carbocycles. The van der Waals surface area contributed by atoms with Gasteiger partial charge in [-0.25, -0.2) is 0 Å². The highest BCUT2D eigenvalue weighted by atomic mass is 16.5. The molecule has 0 saturated carbocycles. The van der Waals surface area contributed by atoms with Crippen LogP contribution >= 0.6 is 0 Å². The molecular weight excluding hydrogens is 1200 g/mol. The van der Waals surface area contributed by atoms with Gasteiger partial charge in [-0.1, -0.05) is 185 Å². The number of primary amides is 1. The summed E-state index contributed by atoms with van der Waals surface area (Å²) in [4.78, 5) is 135. The van der Waals surface area contributed by atoms with E-state index >= 15 is 14.4 Å². The van der Waals surface area contributed by atoms with Gasteiger partial charge in [0.25, 0.3) is 0 Å². The molecule has 0 aliphatic rings. The Bertz CT molecular complexity index is 2030. The molecular formula is C73H138N8O13. The smallest absolute Gasteiger partial charge is 0.308 e. The van der Waals surface area contributed by atoms with Gasteiger partial charge >= 0.3 is 11.9 Å². The zero-order valence-electron chi connectivity index (χ0n) is 61.2. The summed E-state index contributed by atoms with van der Waals surface area (Å²) in [5.41, 5.74) is 5.68. The van der Waals surface area contributed by atoms with E-state index in [1.54, 1.807) is 0 Å². The van der Waals surface area contributed by atoms with Gasteiger partial charge in [-0.15, -0.1) is 0 Å².